The number of rotatable bonds is 0. The molecular formula is C16H12N2O. The Labute approximate surface area is 110 Å². The number of fused-ring (bicyclic) bond motifs is 4. The van der Waals surface area contributed by atoms with E-state index in [9.17, 15) is 5.11 Å². The van der Waals surface area contributed by atoms with Gasteiger partial charge < -0.3 is 15.3 Å². The molecule has 92 valence electrons. The highest BCUT2D eigenvalue weighted by Crippen LogP contribution is 2.29. The summed E-state index contributed by atoms with van der Waals surface area (Å²) < 4.78 is 0. The smallest absolute Gasteiger partial charge is 0.132 e. The predicted octanol–water partition coefficient (Wildman–Crippen LogP) is 1.36. The molecule has 0 spiro atoms. The van der Waals surface area contributed by atoms with Crippen molar-refractivity contribution in [2.75, 3.05) is 4.90 Å². The van der Waals surface area contributed by atoms with Crippen LogP contribution < -0.4 is 20.7 Å². The minimum atomic E-state index is 0.323. The Morgan fingerprint density at radius 3 is 2.53 bits per heavy atom. The SMILES string of the molecule is OC1=c2ccccc2=C2NC=CN2c2ccccc21. The van der Waals surface area contributed by atoms with Gasteiger partial charge >= 0.3 is 0 Å². The van der Waals surface area contributed by atoms with Crippen LogP contribution in [0.3, 0.4) is 0 Å². The quantitative estimate of drug-likeness (QED) is 0.739. The molecule has 0 aliphatic carbocycles. The van der Waals surface area contributed by atoms with Gasteiger partial charge in [-0.15, -0.1) is 0 Å². The van der Waals surface area contributed by atoms with E-state index in [1.54, 1.807) is 0 Å². The first kappa shape index (κ1) is 10.3. The lowest BCUT2D eigenvalue weighted by Crippen LogP contribution is -2.34. The fourth-order valence-electron chi connectivity index (χ4n) is 2.67. The Balaban J connectivity index is 2.24. The Kier molecular flexibility index (Phi) is 1.97. The lowest BCUT2D eigenvalue weighted by molar-refractivity contribution is 0.507. The van der Waals surface area contributed by atoms with E-state index < -0.39 is 0 Å². The van der Waals surface area contributed by atoms with Crippen LogP contribution in [-0.4, -0.2) is 5.11 Å². The van der Waals surface area contributed by atoms with Crippen LogP contribution in [-0.2, 0) is 0 Å². The molecule has 0 aromatic heterocycles. The van der Waals surface area contributed by atoms with Crippen LogP contribution in [0.5, 0.6) is 0 Å². The van der Waals surface area contributed by atoms with Crippen molar-refractivity contribution in [1.29, 1.82) is 0 Å². The van der Waals surface area contributed by atoms with Gasteiger partial charge in [0, 0.05) is 28.4 Å². The van der Waals surface area contributed by atoms with Gasteiger partial charge in [0.1, 0.15) is 11.6 Å². The standard InChI is InChI=1S/C16H12N2O/c19-15-11-5-1-2-6-12(11)16-17-9-10-18(16)14-8-4-3-7-13(14)15/h1-10,17,19H. The third kappa shape index (κ3) is 1.32. The number of nitrogens with one attached hydrogen (secondary N) is 1. The molecule has 2 aromatic rings. The van der Waals surface area contributed by atoms with Crippen LogP contribution in [0.15, 0.2) is 60.9 Å². The number of hydrogen-bond donors (Lipinski definition) is 2. The van der Waals surface area contributed by atoms with Gasteiger partial charge in [0.15, 0.2) is 0 Å². The van der Waals surface area contributed by atoms with Crippen molar-refractivity contribution in [3.8, 4) is 0 Å². The summed E-state index contributed by atoms with van der Waals surface area (Å²) in [4.78, 5) is 2.07. The molecule has 4 rings (SSSR count). The molecule has 3 heteroatoms. The van der Waals surface area contributed by atoms with Gasteiger partial charge in [-0.05, 0) is 12.1 Å². The normalized spacial score (nSPS) is 15.5. The van der Waals surface area contributed by atoms with Crippen LogP contribution in [0.4, 0.5) is 5.69 Å². The number of anilines is 1. The largest absolute Gasteiger partial charge is 0.507 e. The second kappa shape index (κ2) is 3.65. The van der Waals surface area contributed by atoms with Crippen molar-refractivity contribution in [1.82, 2.24) is 5.32 Å². The number of nitrogens with zero attached hydrogens (tertiary/aromatic N) is 1. The fraction of sp³-hybridized carbons (Fsp3) is 0. The second-order valence-corrected chi connectivity index (χ2v) is 4.59. The van der Waals surface area contributed by atoms with E-state index in [0.29, 0.717) is 5.76 Å². The molecule has 2 aliphatic rings. The maximum atomic E-state index is 10.6. The molecule has 0 atom stereocenters. The first-order valence-electron chi connectivity index (χ1n) is 6.21. The number of hydrogen-bond acceptors (Lipinski definition) is 3. The summed E-state index contributed by atoms with van der Waals surface area (Å²) in [5.74, 6) is 1.30. The molecule has 0 saturated heterocycles. The van der Waals surface area contributed by atoms with Gasteiger partial charge in [-0.1, -0.05) is 36.4 Å². The molecule has 3 nitrogen and oxygen atoms in total. The molecule has 2 N–H and O–H groups in total. The Hall–Kier alpha value is -2.68. The van der Waals surface area contributed by atoms with E-state index >= 15 is 0 Å². The fourth-order valence-corrected chi connectivity index (χ4v) is 2.67. The molecule has 0 saturated carbocycles. The van der Waals surface area contributed by atoms with E-state index in [4.69, 9.17) is 0 Å². The van der Waals surface area contributed by atoms with Crippen LogP contribution in [0.2, 0.25) is 0 Å². The third-order valence-electron chi connectivity index (χ3n) is 3.54. The molecule has 0 amide bonds. The summed E-state index contributed by atoms with van der Waals surface area (Å²) in [5, 5.41) is 15.7. The summed E-state index contributed by atoms with van der Waals surface area (Å²) in [6, 6.07) is 15.7. The summed E-state index contributed by atoms with van der Waals surface area (Å²) in [7, 11) is 0. The van der Waals surface area contributed by atoms with Gasteiger partial charge in [0.25, 0.3) is 0 Å². The molecule has 2 heterocycles. The lowest BCUT2D eigenvalue weighted by Gasteiger charge is -2.19. The number of para-hydroxylation sites is 1. The maximum Gasteiger partial charge on any atom is 0.132 e. The average Bonchev–Trinajstić information content (AvgIpc) is 2.92. The highest BCUT2D eigenvalue weighted by atomic mass is 16.3. The van der Waals surface area contributed by atoms with Crippen molar-refractivity contribution in [3.63, 3.8) is 0 Å². The van der Waals surface area contributed by atoms with Crippen molar-refractivity contribution in [3.05, 3.63) is 76.9 Å². The average molecular weight is 248 g/mol. The monoisotopic (exact) mass is 248 g/mol. The lowest BCUT2D eigenvalue weighted by atomic mass is 10.1. The van der Waals surface area contributed by atoms with Crippen molar-refractivity contribution < 1.29 is 5.11 Å². The van der Waals surface area contributed by atoms with Gasteiger partial charge in [0.05, 0.1) is 5.69 Å². The van der Waals surface area contributed by atoms with Crippen LogP contribution in [0.1, 0.15) is 5.56 Å². The van der Waals surface area contributed by atoms with Crippen molar-refractivity contribution in [2.24, 2.45) is 0 Å². The molecule has 0 unspecified atom stereocenters. The Bertz CT molecular complexity index is 821. The van der Waals surface area contributed by atoms with E-state index in [1.807, 2.05) is 60.9 Å². The first-order chi connectivity index (χ1) is 9.36. The predicted molar refractivity (Wildman–Crippen MR) is 75.4 cm³/mol. The summed E-state index contributed by atoms with van der Waals surface area (Å²) in [6.45, 7) is 0. The Morgan fingerprint density at radius 2 is 1.63 bits per heavy atom. The van der Waals surface area contributed by atoms with Crippen LogP contribution in [0.25, 0.3) is 11.6 Å². The molecule has 2 aliphatic heterocycles. The Morgan fingerprint density at radius 1 is 0.895 bits per heavy atom. The zero-order chi connectivity index (χ0) is 12.8. The summed E-state index contributed by atoms with van der Waals surface area (Å²) in [6.07, 6.45) is 3.88. The van der Waals surface area contributed by atoms with E-state index in [0.717, 1.165) is 27.5 Å². The van der Waals surface area contributed by atoms with Gasteiger partial charge in [-0.25, -0.2) is 0 Å². The van der Waals surface area contributed by atoms with Crippen molar-refractivity contribution >= 4 is 17.3 Å². The summed E-state index contributed by atoms with van der Waals surface area (Å²) in [5.41, 5.74) is 1.82. The first-order valence-corrected chi connectivity index (χ1v) is 6.21. The van der Waals surface area contributed by atoms with Crippen molar-refractivity contribution in [2.45, 2.75) is 0 Å². The molecule has 19 heavy (non-hydrogen) atoms. The summed E-state index contributed by atoms with van der Waals surface area (Å²) >= 11 is 0. The minimum absolute atomic E-state index is 0.323. The third-order valence-corrected chi connectivity index (χ3v) is 3.54. The second-order valence-electron chi connectivity index (χ2n) is 4.59. The zero-order valence-corrected chi connectivity index (χ0v) is 10.2. The van der Waals surface area contributed by atoms with Gasteiger partial charge in [-0.2, -0.15) is 0 Å². The maximum absolute atomic E-state index is 10.6. The van der Waals surface area contributed by atoms with Gasteiger partial charge in [-0.3, -0.25) is 0 Å². The molecular weight excluding hydrogens is 236 g/mol. The molecule has 0 fully saturated rings. The van der Waals surface area contributed by atoms with E-state index in [2.05, 4.69) is 10.2 Å². The number of benzene rings is 2. The highest BCUT2D eigenvalue weighted by Gasteiger charge is 2.22. The molecule has 2 aromatic carbocycles. The zero-order valence-electron chi connectivity index (χ0n) is 10.2. The minimum Gasteiger partial charge on any atom is -0.507 e. The molecule has 0 radical (unpaired) electrons. The van der Waals surface area contributed by atoms with Crippen LogP contribution in [0, 0.1) is 0 Å². The number of aliphatic hydroxyl groups is 1. The molecule has 0 bridgehead atoms. The number of aliphatic hydroxyl groups excluding tert-OH is 1. The van der Waals surface area contributed by atoms with Gasteiger partial charge in [0.2, 0.25) is 0 Å². The van der Waals surface area contributed by atoms with E-state index in [1.165, 1.54) is 0 Å². The topological polar surface area (TPSA) is 35.5 Å². The van der Waals surface area contributed by atoms with Crippen LogP contribution >= 0.6 is 0 Å². The van der Waals surface area contributed by atoms with E-state index in [-0.39, 0.29) is 0 Å². The highest BCUT2D eigenvalue weighted by molar-refractivity contribution is 5.84.